The Kier molecular flexibility index (Phi) is 7.97. The van der Waals surface area contributed by atoms with Gasteiger partial charge in [-0.25, -0.2) is 8.42 Å². The number of anilines is 2. The van der Waals surface area contributed by atoms with Crippen molar-refractivity contribution in [1.82, 2.24) is 4.90 Å². The predicted molar refractivity (Wildman–Crippen MR) is 144 cm³/mol. The number of carbonyl (C=O) groups is 1. The van der Waals surface area contributed by atoms with Crippen LogP contribution >= 0.6 is 23.2 Å². The molecule has 0 atom stereocenters. The Morgan fingerprint density at radius 2 is 1.53 bits per heavy atom. The quantitative estimate of drug-likeness (QED) is 0.422. The molecule has 0 aliphatic carbocycles. The van der Waals surface area contributed by atoms with Crippen molar-refractivity contribution in [2.24, 2.45) is 0 Å². The number of halogens is 2. The summed E-state index contributed by atoms with van der Waals surface area (Å²) in [5, 5.41) is 1.13. The van der Waals surface area contributed by atoms with Gasteiger partial charge in [0.1, 0.15) is 12.3 Å². The normalized spacial score (nSPS) is 14.0. The Labute approximate surface area is 221 Å². The molecule has 3 aromatic carbocycles. The van der Waals surface area contributed by atoms with Crippen LogP contribution in [0.4, 0.5) is 11.4 Å². The van der Waals surface area contributed by atoms with Crippen molar-refractivity contribution in [3.05, 3.63) is 82.3 Å². The number of ether oxygens (including phenoxy) is 1. The number of sulfonamides is 1. The van der Waals surface area contributed by atoms with Gasteiger partial charge in [-0.1, -0.05) is 29.3 Å². The summed E-state index contributed by atoms with van der Waals surface area (Å²) in [6.07, 6.45) is 0. The molecule has 0 N–H and O–H groups in total. The number of hydrogen-bond acceptors (Lipinski definition) is 5. The molecule has 0 unspecified atom stereocenters. The van der Waals surface area contributed by atoms with E-state index in [9.17, 15) is 13.2 Å². The van der Waals surface area contributed by atoms with E-state index in [2.05, 4.69) is 4.90 Å². The lowest BCUT2D eigenvalue weighted by Crippen LogP contribution is -2.52. The van der Waals surface area contributed by atoms with E-state index in [4.69, 9.17) is 27.9 Å². The summed E-state index contributed by atoms with van der Waals surface area (Å²) in [5.41, 5.74) is 2.51. The molecule has 1 saturated heterocycles. The Balaban J connectivity index is 1.54. The highest BCUT2D eigenvalue weighted by Crippen LogP contribution is 2.28. The fraction of sp³-hybridized carbons (Fsp3) is 0.269. The maximum atomic E-state index is 13.6. The van der Waals surface area contributed by atoms with Crippen LogP contribution in [0.25, 0.3) is 0 Å². The zero-order valence-corrected chi connectivity index (χ0v) is 22.4. The Bertz CT molecular complexity index is 1320. The molecule has 0 spiro atoms. The van der Waals surface area contributed by atoms with Gasteiger partial charge in [0.25, 0.3) is 10.0 Å². The Hall–Kier alpha value is -2.94. The highest BCUT2D eigenvalue weighted by Gasteiger charge is 2.30. The smallest absolute Gasteiger partial charge is 0.264 e. The van der Waals surface area contributed by atoms with E-state index >= 15 is 0 Å². The summed E-state index contributed by atoms with van der Waals surface area (Å²) in [5.74, 6) is 0.264. The number of piperazine rings is 1. The minimum atomic E-state index is -4.03. The molecule has 1 heterocycles. The third kappa shape index (κ3) is 5.72. The van der Waals surface area contributed by atoms with Crippen molar-refractivity contribution in [2.75, 3.05) is 49.0 Å². The van der Waals surface area contributed by atoms with Crippen molar-refractivity contribution < 1.29 is 17.9 Å². The number of hydrogen-bond donors (Lipinski definition) is 0. The van der Waals surface area contributed by atoms with Crippen molar-refractivity contribution in [3.8, 4) is 5.75 Å². The van der Waals surface area contributed by atoms with E-state index < -0.39 is 10.0 Å². The zero-order valence-electron chi connectivity index (χ0n) is 20.0. The molecule has 190 valence electrons. The van der Waals surface area contributed by atoms with Gasteiger partial charge in [-0.2, -0.15) is 0 Å². The lowest BCUT2D eigenvalue weighted by molar-refractivity contribution is -0.129. The summed E-state index contributed by atoms with van der Waals surface area (Å²) >= 11 is 12.2. The van der Waals surface area contributed by atoms with Gasteiger partial charge in [-0.05, 0) is 73.2 Å². The van der Waals surface area contributed by atoms with Gasteiger partial charge in [-0.3, -0.25) is 9.10 Å². The Morgan fingerprint density at radius 3 is 2.14 bits per heavy atom. The molecule has 0 bridgehead atoms. The summed E-state index contributed by atoms with van der Waals surface area (Å²) < 4.78 is 33.5. The van der Waals surface area contributed by atoms with Crippen LogP contribution < -0.4 is 13.9 Å². The molecule has 36 heavy (non-hydrogen) atoms. The second kappa shape index (κ2) is 11.0. The molecular weight excluding hydrogens is 521 g/mol. The largest absolute Gasteiger partial charge is 0.497 e. The third-order valence-electron chi connectivity index (χ3n) is 6.19. The SMILES string of the molecule is COc1ccc(S(=O)(=O)N(CC(=O)N2CCN(c3cc(Cl)ccc3C)CC2)c2ccc(Cl)cc2)cc1. The van der Waals surface area contributed by atoms with E-state index in [1.54, 1.807) is 41.3 Å². The Morgan fingerprint density at radius 1 is 0.917 bits per heavy atom. The first kappa shape index (κ1) is 26.1. The van der Waals surface area contributed by atoms with Crippen molar-refractivity contribution in [1.29, 1.82) is 0 Å². The van der Waals surface area contributed by atoms with Crippen LogP contribution in [0.3, 0.4) is 0 Å². The lowest BCUT2D eigenvalue weighted by Gasteiger charge is -2.37. The van der Waals surface area contributed by atoms with Crippen LogP contribution in [-0.4, -0.2) is 59.1 Å². The number of carbonyl (C=O) groups excluding carboxylic acids is 1. The lowest BCUT2D eigenvalue weighted by atomic mass is 10.1. The minimum Gasteiger partial charge on any atom is -0.497 e. The van der Waals surface area contributed by atoms with Gasteiger partial charge < -0.3 is 14.5 Å². The van der Waals surface area contributed by atoms with Gasteiger partial charge in [-0.15, -0.1) is 0 Å². The molecule has 0 aromatic heterocycles. The third-order valence-corrected chi connectivity index (χ3v) is 8.46. The number of amides is 1. The molecule has 1 amide bonds. The number of methoxy groups -OCH3 is 1. The molecule has 0 saturated carbocycles. The molecule has 1 aliphatic heterocycles. The monoisotopic (exact) mass is 547 g/mol. The highest BCUT2D eigenvalue weighted by atomic mass is 35.5. The summed E-state index contributed by atoms with van der Waals surface area (Å²) in [7, 11) is -2.52. The van der Waals surface area contributed by atoms with E-state index in [-0.39, 0.29) is 17.3 Å². The minimum absolute atomic E-state index is 0.0623. The first-order chi connectivity index (χ1) is 17.2. The maximum absolute atomic E-state index is 13.6. The molecule has 1 aliphatic rings. The molecule has 10 heteroatoms. The molecule has 0 radical (unpaired) electrons. The number of benzene rings is 3. The fourth-order valence-corrected chi connectivity index (χ4v) is 5.85. The molecule has 1 fully saturated rings. The van der Waals surface area contributed by atoms with Gasteiger partial charge in [0.05, 0.1) is 17.7 Å². The van der Waals surface area contributed by atoms with E-state index in [0.717, 1.165) is 15.6 Å². The first-order valence-corrected chi connectivity index (χ1v) is 13.6. The van der Waals surface area contributed by atoms with Crippen molar-refractivity contribution in [3.63, 3.8) is 0 Å². The fourth-order valence-electron chi connectivity index (χ4n) is 4.14. The molecule has 3 aromatic rings. The van der Waals surface area contributed by atoms with E-state index in [1.165, 1.54) is 19.2 Å². The second-order valence-electron chi connectivity index (χ2n) is 8.46. The summed E-state index contributed by atoms with van der Waals surface area (Å²) in [6, 6.07) is 18.2. The van der Waals surface area contributed by atoms with Crippen LogP contribution in [0.5, 0.6) is 5.75 Å². The van der Waals surface area contributed by atoms with Crippen LogP contribution in [0.2, 0.25) is 10.0 Å². The van der Waals surface area contributed by atoms with Gasteiger partial charge >= 0.3 is 0 Å². The number of rotatable bonds is 7. The van der Waals surface area contributed by atoms with Crippen LogP contribution in [-0.2, 0) is 14.8 Å². The molecule has 4 rings (SSSR count). The van der Waals surface area contributed by atoms with Gasteiger partial charge in [0.2, 0.25) is 5.91 Å². The van der Waals surface area contributed by atoms with Crippen LogP contribution in [0.1, 0.15) is 5.56 Å². The van der Waals surface area contributed by atoms with E-state index in [0.29, 0.717) is 47.7 Å². The average molecular weight is 548 g/mol. The number of nitrogens with zero attached hydrogens (tertiary/aromatic N) is 3. The summed E-state index contributed by atoms with van der Waals surface area (Å²) in [4.78, 5) is 17.3. The molecular formula is C26H27Cl2N3O4S. The maximum Gasteiger partial charge on any atom is 0.264 e. The van der Waals surface area contributed by atoms with Crippen molar-refractivity contribution >= 4 is 50.5 Å². The average Bonchev–Trinajstić information content (AvgIpc) is 2.89. The standard InChI is InChI=1S/C26H27Cl2N3O4S/c1-19-3-4-21(28)17-25(19)29-13-15-30(16-14-29)26(32)18-31(22-7-5-20(27)6-8-22)36(33,34)24-11-9-23(35-2)10-12-24/h3-12,17H,13-16,18H2,1-2H3. The van der Waals surface area contributed by atoms with Crippen molar-refractivity contribution in [2.45, 2.75) is 11.8 Å². The molecule has 7 nitrogen and oxygen atoms in total. The second-order valence-corrected chi connectivity index (χ2v) is 11.2. The van der Waals surface area contributed by atoms with Gasteiger partial charge in [0, 0.05) is 41.9 Å². The highest BCUT2D eigenvalue weighted by molar-refractivity contribution is 7.92. The summed E-state index contributed by atoms with van der Waals surface area (Å²) in [6.45, 7) is 3.89. The van der Waals surface area contributed by atoms with Crippen LogP contribution in [0, 0.1) is 6.92 Å². The van der Waals surface area contributed by atoms with Gasteiger partial charge in [0.15, 0.2) is 0 Å². The first-order valence-electron chi connectivity index (χ1n) is 11.4. The topological polar surface area (TPSA) is 70.2 Å². The zero-order chi connectivity index (χ0) is 25.9. The predicted octanol–water partition coefficient (Wildman–Crippen LogP) is 4.85. The number of aryl methyl sites for hydroxylation is 1. The van der Waals surface area contributed by atoms with Crippen LogP contribution in [0.15, 0.2) is 71.6 Å². The van der Waals surface area contributed by atoms with E-state index in [1.807, 2.05) is 25.1 Å².